The van der Waals surface area contributed by atoms with Crippen molar-refractivity contribution in [2.45, 2.75) is 13.8 Å². The van der Waals surface area contributed by atoms with Gasteiger partial charge in [0.25, 0.3) is 5.56 Å². The third-order valence-electron chi connectivity index (χ3n) is 2.50. The van der Waals surface area contributed by atoms with Crippen LogP contribution >= 0.6 is 11.6 Å². The molecule has 0 amide bonds. The van der Waals surface area contributed by atoms with E-state index in [2.05, 4.69) is 25.7 Å². The molecular weight excluding hydrogens is 294 g/mol. The summed E-state index contributed by atoms with van der Waals surface area (Å²) in [6.07, 6.45) is 1.54. The Balaban J connectivity index is 2.05. The maximum absolute atomic E-state index is 11.3. The number of hydrazone groups is 1. The van der Waals surface area contributed by atoms with E-state index < -0.39 is 0 Å². The molecule has 0 unspecified atom stereocenters. The quantitative estimate of drug-likeness (QED) is 0.651. The molecule has 2 aromatic rings. The molecule has 8 heteroatoms. The van der Waals surface area contributed by atoms with Gasteiger partial charge < -0.3 is 4.74 Å². The summed E-state index contributed by atoms with van der Waals surface area (Å²) in [5, 5.41) is 11.9. The van der Waals surface area contributed by atoms with Crippen molar-refractivity contribution in [1.82, 2.24) is 15.2 Å². The molecule has 110 valence electrons. The molecule has 0 aliphatic rings. The first-order chi connectivity index (χ1) is 10.1. The van der Waals surface area contributed by atoms with Crippen molar-refractivity contribution < 1.29 is 4.74 Å². The molecule has 2 rings (SSSR count). The molecule has 2 N–H and O–H groups in total. The Morgan fingerprint density at radius 3 is 2.95 bits per heavy atom. The summed E-state index contributed by atoms with van der Waals surface area (Å²) in [7, 11) is 0. The van der Waals surface area contributed by atoms with Crippen LogP contribution in [0.4, 0.5) is 5.95 Å². The number of ether oxygens (including phenoxy) is 1. The number of aryl methyl sites for hydroxylation is 1. The van der Waals surface area contributed by atoms with Gasteiger partial charge in [0.2, 0.25) is 5.95 Å². The highest BCUT2D eigenvalue weighted by molar-refractivity contribution is 6.32. The summed E-state index contributed by atoms with van der Waals surface area (Å²) in [4.78, 5) is 13.8. The van der Waals surface area contributed by atoms with Crippen molar-refractivity contribution >= 4 is 23.8 Å². The van der Waals surface area contributed by atoms with E-state index in [1.54, 1.807) is 25.3 Å². The van der Waals surface area contributed by atoms with Crippen LogP contribution in [0.25, 0.3) is 0 Å². The first-order valence-corrected chi connectivity index (χ1v) is 6.63. The largest absolute Gasteiger partial charge is 0.492 e. The van der Waals surface area contributed by atoms with Gasteiger partial charge in [0.15, 0.2) is 0 Å². The fourth-order valence-corrected chi connectivity index (χ4v) is 1.73. The van der Waals surface area contributed by atoms with Gasteiger partial charge in [0.05, 0.1) is 17.8 Å². The fourth-order valence-electron chi connectivity index (χ4n) is 1.48. The number of halogens is 1. The zero-order valence-corrected chi connectivity index (χ0v) is 12.3. The number of rotatable bonds is 5. The minimum absolute atomic E-state index is 0.166. The highest BCUT2D eigenvalue weighted by Gasteiger charge is 2.01. The molecule has 1 aromatic carbocycles. The summed E-state index contributed by atoms with van der Waals surface area (Å²) >= 11 is 6.07. The zero-order chi connectivity index (χ0) is 15.2. The molecule has 7 nitrogen and oxygen atoms in total. The van der Waals surface area contributed by atoms with E-state index in [0.717, 1.165) is 5.56 Å². The van der Waals surface area contributed by atoms with Gasteiger partial charge in [-0.1, -0.05) is 11.6 Å². The standard InChI is InChI=1S/C13H14ClN5O2/c1-3-21-11-5-4-9(6-10(11)14)7-15-18-13-16-12(20)8(2)17-19-13/h4-7H,3H2,1-2H3,(H2,16,18,19,20)/b15-7+. The second-order valence-electron chi connectivity index (χ2n) is 4.08. The van der Waals surface area contributed by atoms with Crippen LogP contribution < -0.4 is 15.7 Å². The third-order valence-corrected chi connectivity index (χ3v) is 2.80. The lowest BCUT2D eigenvalue weighted by Crippen LogP contribution is -2.15. The smallest absolute Gasteiger partial charge is 0.274 e. The lowest BCUT2D eigenvalue weighted by Gasteiger charge is -2.05. The molecule has 1 aromatic heterocycles. The molecule has 0 bridgehead atoms. The number of aromatic nitrogens is 3. The van der Waals surface area contributed by atoms with Crippen LogP contribution in [0.1, 0.15) is 18.2 Å². The number of anilines is 1. The van der Waals surface area contributed by atoms with Crippen molar-refractivity contribution in [2.24, 2.45) is 5.10 Å². The van der Waals surface area contributed by atoms with Crippen molar-refractivity contribution in [3.63, 3.8) is 0 Å². The van der Waals surface area contributed by atoms with Gasteiger partial charge in [-0.15, -0.1) is 10.2 Å². The first kappa shape index (κ1) is 15.0. The number of hydrogen-bond acceptors (Lipinski definition) is 6. The van der Waals surface area contributed by atoms with Gasteiger partial charge in [-0.05, 0) is 37.6 Å². The Morgan fingerprint density at radius 2 is 2.29 bits per heavy atom. The van der Waals surface area contributed by atoms with Crippen LogP contribution in [0.5, 0.6) is 5.75 Å². The summed E-state index contributed by atoms with van der Waals surface area (Å²) in [5.41, 5.74) is 3.34. The molecule has 0 radical (unpaired) electrons. The van der Waals surface area contributed by atoms with Crippen molar-refractivity contribution in [3.05, 3.63) is 44.8 Å². The number of hydrogen-bond donors (Lipinski definition) is 2. The lowest BCUT2D eigenvalue weighted by atomic mass is 10.2. The van der Waals surface area contributed by atoms with Crippen molar-refractivity contribution in [2.75, 3.05) is 12.0 Å². The first-order valence-electron chi connectivity index (χ1n) is 6.25. The van der Waals surface area contributed by atoms with E-state index in [1.807, 2.05) is 13.0 Å². The minimum atomic E-state index is -0.313. The number of nitrogens with zero attached hydrogens (tertiary/aromatic N) is 3. The molecule has 0 saturated heterocycles. The molecule has 21 heavy (non-hydrogen) atoms. The van der Waals surface area contributed by atoms with E-state index in [4.69, 9.17) is 16.3 Å². The Bertz CT molecular complexity index is 714. The fraction of sp³-hybridized carbons (Fsp3) is 0.231. The zero-order valence-electron chi connectivity index (χ0n) is 11.6. The van der Waals surface area contributed by atoms with Crippen LogP contribution in [0.2, 0.25) is 5.02 Å². The van der Waals surface area contributed by atoms with Gasteiger partial charge in [0.1, 0.15) is 11.4 Å². The van der Waals surface area contributed by atoms with Crippen LogP contribution in [0.15, 0.2) is 28.1 Å². The Hall–Kier alpha value is -2.41. The average molecular weight is 308 g/mol. The van der Waals surface area contributed by atoms with Crippen LogP contribution in [0, 0.1) is 6.92 Å². The van der Waals surface area contributed by atoms with E-state index >= 15 is 0 Å². The molecule has 0 saturated carbocycles. The SMILES string of the molecule is CCOc1ccc(/C=N/Nc2nnc(C)c(=O)[nH]2)cc1Cl. The molecule has 0 spiro atoms. The Kier molecular flexibility index (Phi) is 4.89. The lowest BCUT2D eigenvalue weighted by molar-refractivity contribution is 0.340. The summed E-state index contributed by atoms with van der Waals surface area (Å²) in [5.74, 6) is 0.789. The highest BCUT2D eigenvalue weighted by atomic mass is 35.5. The predicted octanol–water partition coefficient (Wildman–Crippen LogP) is 1.97. The van der Waals surface area contributed by atoms with E-state index in [9.17, 15) is 4.79 Å². The monoisotopic (exact) mass is 307 g/mol. The van der Waals surface area contributed by atoms with Gasteiger partial charge in [-0.3, -0.25) is 9.78 Å². The maximum atomic E-state index is 11.3. The van der Waals surface area contributed by atoms with Crippen molar-refractivity contribution in [3.8, 4) is 5.75 Å². The minimum Gasteiger partial charge on any atom is -0.492 e. The highest BCUT2D eigenvalue weighted by Crippen LogP contribution is 2.24. The summed E-state index contributed by atoms with van der Waals surface area (Å²) < 4.78 is 5.34. The van der Waals surface area contributed by atoms with Gasteiger partial charge in [-0.2, -0.15) is 5.10 Å². The molecule has 1 heterocycles. The van der Waals surface area contributed by atoms with Gasteiger partial charge >= 0.3 is 0 Å². The maximum Gasteiger partial charge on any atom is 0.274 e. The number of H-pyrrole nitrogens is 1. The summed E-state index contributed by atoms with van der Waals surface area (Å²) in [6.45, 7) is 4.01. The molecule has 0 aliphatic heterocycles. The Morgan fingerprint density at radius 1 is 1.48 bits per heavy atom. The molecule has 0 aliphatic carbocycles. The third kappa shape index (κ3) is 4.03. The number of aromatic amines is 1. The second kappa shape index (κ2) is 6.85. The normalized spacial score (nSPS) is 10.8. The van der Waals surface area contributed by atoms with E-state index in [-0.39, 0.29) is 11.5 Å². The van der Waals surface area contributed by atoms with Gasteiger partial charge in [-0.25, -0.2) is 5.43 Å². The molecular formula is C13H14ClN5O2. The molecule has 0 atom stereocenters. The molecule has 0 fully saturated rings. The second-order valence-corrected chi connectivity index (χ2v) is 4.49. The topological polar surface area (TPSA) is 92.3 Å². The predicted molar refractivity (Wildman–Crippen MR) is 81.2 cm³/mol. The number of nitrogens with one attached hydrogen (secondary N) is 2. The van der Waals surface area contributed by atoms with Crippen LogP contribution in [-0.2, 0) is 0 Å². The van der Waals surface area contributed by atoms with E-state index in [1.165, 1.54) is 0 Å². The Labute approximate surface area is 126 Å². The van der Waals surface area contributed by atoms with Crippen LogP contribution in [0.3, 0.4) is 0 Å². The van der Waals surface area contributed by atoms with E-state index in [0.29, 0.717) is 23.1 Å². The van der Waals surface area contributed by atoms with Crippen molar-refractivity contribution in [1.29, 1.82) is 0 Å². The summed E-state index contributed by atoms with van der Waals surface area (Å²) in [6, 6.07) is 5.30. The van der Waals surface area contributed by atoms with Crippen LogP contribution in [-0.4, -0.2) is 28.0 Å². The number of benzene rings is 1. The average Bonchev–Trinajstić information content (AvgIpc) is 2.46. The van der Waals surface area contributed by atoms with Gasteiger partial charge in [0, 0.05) is 0 Å².